The standard InChI is InChI=1S/C43H42N2/c1-30-13-21-34(22-14-30)44(35-23-15-31(2)16-24-35)41-38-10-6-7-11-39(38)42(43(5)29-9-8-12-40(41)43)45(36-25-17-32(3)18-26-36)37-27-19-33(4)20-28-37/h6-27,29,37,42H,28H2,1-5H3. The first-order valence-corrected chi connectivity index (χ1v) is 16.2. The Balaban J connectivity index is 1.50. The molecule has 4 aromatic carbocycles. The highest BCUT2D eigenvalue weighted by atomic mass is 15.2. The molecule has 2 heteroatoms. The molecule has 0 amide bonds. The van der Waals surface area contributed by atoms with Crippen molar-refractivity contribution in [2.24, 2.45) is 5.41 Å². The van der Waals surface area contributed by atoms with Crippen LogP contribution in [0.2, 0.25) is 0 Å². The number of aryl methyl sites for hydroxylation is 3. The number of benzene rings is 4. The van der Waals surface area contributed by atoms with Crippen molar-refractivity contribution < 1.29 is 0 Å². The second-order valence-electron chi connectivity index (χ2n) is 13.1. The zero-order chi connectivity index (χ0) is 31.1. The Morgan fingerprint density at radius 1 is 0.644 bits per heavy atom. The molecule has 0 fully saturated rings. The molecule has 0 bridgehead atoms. The number of rotatable bonds is 6. The lowest BCUT2D eigenvalue weighted by atomic mass is 9.64. The maximum Gasteiger partial charge on any atom is 0.0684 e. The van der Waals surface area contributed by atoms with Crippen molar-refractivity contribution in [1.29, 1.82) is 0 Å². The Bertz CT molecular complexity index is 1820. The third-order valence-corrected chi connectivity index (χ3v) is 9.77. The summed E-state index contributed by atoms with van der Waals surface area (Å²) < 4.78 is 0. The number of hydrogen-bond acceptors (Lipinski definition) is 2. The molecule has 0 saturated heterocycles. The first-order valence-electron chi connectivity index (χ1n) is 16.2. The molecule has 0 aliphatic heterocycles. The molecule has 0 saturated carbocycles. The molecule has 3 aliphatic rings. The molecule has 0 spiro atoms. The summed E-state index contributed by atoms with van der Waals surface area (Å²) in [7, 11) is 0. The molecular weight excluding hydrogens is 544 g/mol. The summed E-state index contributed by atoms with van der Waals surface area (Å²) in [6, 6.07) is 36.5. The van der Waals surface area contributed by atoms with Crippen LogP contribution in [0.25, 0.3) is 5.70 Å². The van der Waals surface area contributed by atoms with E-state index in [4.69, 9.17) is 0 Å². The van der Waals surface area contributed by atoms with E-state index in [1.165, 1.54) is 50.3 Å². The minimum Gasteiger partial charge on any atom is -0.356 e. The van der Waals surface area contributed by atoms with Crippen LogP contribution in [0.15, 0.2) is 151 Å². The van der Waals surface area contributed by atoms with E-state index in [9.17, 15) is 0 Å². The van der Waals surface area contributed by atoms with Crippen molar-refractivity contribution in [3.8, 4) is 0 Å². The fourth-order valence-electron chi connectivity index (χ4n) is 7.31. The molecular formula is C43H42N2. The first-order chi connectivity index (χ1) is 21.8. The van der Waals surface area contributed by atoms with Gasteiger partial charge in [0.1, 0.15) is 0 Å². The lowest BCUT2D eigenvalue weighted by Gasteiger charge is -2.53. The van der Waals surface area contributed by atoms with Crippen LogP contribution in [0.5, 0.6) is 0 Å². The molecule has 0 radical (unpaired) electrons. The van der Waals surface area contributed by atoms with E-state index in [0.717, 1.165) is 17.8 Å². The number of allylic oxidation sites excluding steroid dienone is 5. The summed E-state index contributed by atoms with van der Waals surface area (Å²) in [5, 5.41) is 0. The quantitative estimate of drug-likeness (QED) is 0.222. The second kappa shape index (κ2) is 11.6. The van der Waals surface area contributed by atoms with Crippen LogP contribution < -0.4 is 9.80 Å². The maximum atomic E-state index is 2.69. The van der Waals surface area contributed by atoms with Gasteiger partial charge in [0.15, 0.2) is 0 Å². The molecule has 0 aromatic heterocycles. The summed E-state index contributed by atoms with van der Waals surface area (Å²) in [6.07, 6.45) is 17.3. The van der Waals surface area contributed by atoms with E-state index in [1.54, 1.807) is 0 Å². The van der Waals surface area contributed by atoms with Crippen molar-refractivity contribution in [2.45, 2.75) is 53.1 Å². The van der Waals surface area contributed by atoms with Gasteiger partial charge in [-0.3, -0.25) is 0 Å². The van der Waals surface area contributed by atoms with Crippen LogP contribution in [-0.4, -0.2) is 6.04 Å². The first kappa shape index (κ1) is 28.9. The Kier molecular flexibility index (Phi) is 7.45. The van der Waals surface area contributed by atoms with E-state index in [-0.39, 0.29) is 17.5 Å². The van der Waals surface area contributed by atoms with Gasteiger partial charge in [0.05, 0.1) is 17.8 Å². The predicted molar refractivity (Wildman–Crippen MR) is 192 cm³/mol. The fraction of sp³-hybridized carbons (Fsp3) is 0.209. The van der Waals surface area contributed by atoms with Gasteiger partial charge in [-0.15, -0.1) is 0 Å². The summed E-state index contributed by atoms with van der Waals surface area (Å²) in [6.45, 7) is 11.1. The van der Waals surface area contributed by atoms with E-state index in [0.29, 0.717) is 0 Å². The minimum atomic E-state index is -0.305. The summed E-state index contributed by atoms with van der Waals surface area (Å²) in [5.41, 5.74) is 13.6. The van der Waals surface area contributed by atoms with Crippen LogP contribution >= 0.6 is 0 Å². The van der Waals surface area contributed by atoms with Crippen LogP contribution in [0, 0.1) is 26.2 Å². The summed E-state index contributed by atoms with van der Waals surface area (Å²) >= 11 is 0. The molecule has 224 valence electrons. The molecule has 4 aromatic rings. The van der Waals surface area contributed by atoms with E-state index < -0.39 is 0 Å². The number of fused-ring (bicyclic) bond motifs is 2. The van der Waals surface area contributed by atoms with Gasteiger partial charge in [-0.25, -0.2) is 0 Å². The average molecular weight is 587 g/mol. The largest absolute Gasteiger partial charge is 0.356 e. The normalized spacial score (nSPS) is 21.7. The van der Waals surface area contributed by atoms with Gasteiger partial charge in [0.25, 0.3) is 0 Å². The third-order valence-electron chi connectivity index (χ3n) is 9.77. The van der Waals surface area contributed by atoms with E-state index >= 15 is 0 Å². The van der Waals surface area contributed by atoms with Gasteiger partial charge < -0.3 is 9.80 Å². The number of nitrogens with zero attached hydrogens (tertiary/aromatic N) is 2. The van der Waals surface area contributed by atoms with Crippen LogP contribution in [0.4, 0.5) is 17.1 Å². The summed E-state index contributed by atoms with van der Waals surface area (Å²) in [5.74, 6) is 0. The van der Waals surface area contributed by atoms with Crippen LogP contribution in [0.1, 0.15) is 54.1 Å². The van der Waals surface area contributed by atoms with Crippen molar-refractivity contribution in [2.75, 3.05) is 9.80 Å². The number of anilines is 3. The molecule has 0 N–H and O–H groups in total. The SMILES string of the molecule is CC1=CCC(N(c2ccc(C)cc2)C2c3ccccc3C(N(c3ccc(C)cc3)c3ccc(C)cc3)=C3C=CC=CC32C)C=C1. The lowest BCUT2D eigenvalue weighted by Crippen LogP contribution is -2.48. The zero-order valence-corrected chi connectivity index (χ0v) is 27.0. The molecule has 0 heterocycles. The molecule has 3 unspecified atom stereocenters. The smallest absolute Gasteiger partial charge is 0.0684 e. The molecule has 45 heavy (non-hydrogen) atoms. The van der Waals surface area contributed by atoms with Crippen molar-refractivity contribution in [3.63, 3.8) is 0 Å². The average Bonchev–Trinajstić information content (AvgIpc) is 3.05. The van der Waals surface area contributed by atoms with Gasteiger partial charge in [-0.05, 0) is 88.6 Å². The molecule has 3 aliphatic carbocycles. The van der Waals surface area contributed by atoms with Crippen LogP contribution in [0.3, 0.4) is 0 Å². The molecule has 2 nitrogen and oxygen atoms in total. The second-order valence-corrected chi connectivity index (χ2v) is 13.1. The Morgan fingerprint density at radius 3 is 1.80 bits per heavy atom. The Morgan fingerprint density at radius 2 is 1.22 bits per heavy atom. The molecule has 3 atom stereocenters. The maximum absolute atomic E-state index is 2.69. The minimum absolute atomic E-state index is 0.0793. The van der Waals surface area contributed by atoms with Crippen molar-refractivity contribution >= 4 is 22.8 Å². The van der Waals surface area contributed by atoms with E-state index in [2.05, 4.69) is 184 Å². The van der Waals surface area contributed by atoms with Gasteiger partial charge in [0.2, 0.25) is 0 Å². The molecule has 7 rings (SSSR count). The van der Waals surface area contributed by atoms with Gasteiger partial charge >= 0.3 is 0 Å². The van der Waals surface area contributed by atoms with Gasteiger partial charge in [0, 0.05) is 28.0 Å². The van der Waals surface area contributed by atoms with Crippen molar-refractivity contribution in [3.05, 3.63) is 179 Å². The highest BCUT2D eigenvalue weighted by Crippen LogP contribution is 2.58. The summed E-state index contributed by atoms with van der Waals surface area (Å²) in [4.78, 5) is 5.17. The van der Waals surface area contributed by atoms with E-state index in [1.807, 2.05) is 0 Å². The highest BCUT2D eigenvalue weighted by molar-refractivity contribution is 5.94. The Labute approximate surface area is 269 Å². The number of hydrogen-bond donors (Lipinski definition) is 0. The highest BCUT2D eigenvalue weighted by Gasteiger charge is 2.48. The monoisotopic (exact) mass is 586 g/mol. The lowest BCUT2D eigenvalue weighted by molar-refractivity contribution is 0.365. The van der Waals surface area contributed by atoms with Gasteiger partial charge in [-0.2, -0.15) is 0 Å². The third kappa shape index (κ3) is 5.19. The Hall–Kier alpha value is -4.82. The predicted octanol–water partition coefficient (Wildman–Crippen LogP) is 11.1. The fourth-order valence-corrected chi connectivity index (χ4v) is 7.31. The topological polar surface area (TPSA) is 6.48 Å². The van der Waals surface area contributed by atoms with Gasteiger partial charge in [-0.1, -0.05) is 125 Å². The van der Waals surface area contributed by atoms with Crippen molar-refractivity contribution in [1.82, 2.24) is 0 Å². The van der Waals surface area contributed by atoms with Crippen LogP contribution in [-0.2, 0) is 0 Å². The zero-order valence-electron chi connectivity index (χ0n) is 27.0.